The summed E-state index contributed by atoms with van der Waals surface area (Å²) < 4.78 is 0. The number of nitrogens with two attached hydrogens (primary N) is 1. The number of nitrogens with zero attached hydrogens (tertiary/aromatic N) is 1. The number of anilines is 1. The number of fused-ring (bicyclic) bond motifs is 2. The van der Waals surface area contributed by atoms with Crippen LogP contribution >= 0.6 is 11.6 Å². The van der Waals surface area contributed by atoms with Gasteiger partial charge in [-0.2, -0.15) is 0 Å². The lowest BCUT2D eigenvalue weighted by Gasteiger charge is -2.28. The molecule has 7 N–H and O–H groups in total. The Morgan fingerprint density at radius 1 is 0.911 bits per heavy atom. The Labute approximate surface area is 264 Å². The van der Waals surface area contributed by atoms with Crippen LogP contribution in [0.4, 0.5) is 5.69 Å². The molecule has 11 heteroatoms. The number of aromatic amines is 3. The van der Waals surface area contributed by atoms with Gasteiger partial charge >= 0.3 is 5.69 Å². The van der Waals surface area contributed by atoms with Gasteiger partial charge in [0.15, 0.2) is 0 Å². The lowest BCUT2D eigenvalue weighted by atomic mass is 9.81. The van der Waals surface area contributed by atoms with E-state index in [1.54, 1.807) is 18.2 Å². The van der Waals surface area contributed by atoms with E-state index in [1.165, 1.54) is 12.8 Å². The number of H-pyrrole nitrogens is 3. The van der Waals surface area contributed by atoms with Gasteiger partial charge in [0.25, 0.3) is 0 Å². The highest BCUT2D eigenvalue weighted by atomic mass is 35.5. The van der Waals surface area contributed by atoms with Crippen molar-refractivity contribution in [1.29, 1.82) is 0 Å². The summed E-state index contributed by atoms with van der Waals surface area (Å²) in [7, 11) is 0. The third kappa shape index (κ3) is 6.39. The molecule has 5 aromatic rings. The molecule has 0 spiro atoms. The molecule has 2 amide bonds. The van der Waals surface area contributed by atoms with Gasteiger partial charge in [-0.1, -0.05) is 35.9 Å². The van der Waals surface area contributed by atoms with Crippen molar-refractivity contribution in [2.45, 2.75) is 56.9 Å². The van der Waals surface area contributed by atoms with Crippen molar-refractivity contribution < 1.29 is 9.59 Å². The lowest BCUT2D eigenvalue weighted by Crippen LogP contribution is -2.48. The first-order valence-electron chi connectivity index (χ1n) is 15.6. The predicted octanol–water partition coefficient (Wildman–Crippen LogP) is 5.36. The molecule has 2 aromatic heterocycles. The molecule has 0 aliphatic heterocycles. The average molecular weight is 626 g/mol. The molecule has 2 fully saturated rings. The highest BCUT2D eigenvalue weighted by molar-refractivity contribution is 6.34. The quantitative estimate of drug-likeness (QED) is 0.130. The molecule has 2 aliphatic carbocycles. The fraction of sp³-hybridized carbons (Fsp3) is 0.353. The molecule has 45 heavy (non-hydrogen) atoms. The molecule has 0 bridgehead atoms. The molecule has 1 atom stereocenters. The van der Waals surface area contributed by atoms with Crippen LogP contribution in [0.3, 0.4) is 0 Å². The van der Waals surface area contributed by atoms with Gasteiger partial charge in [0.2, 0.25) is 11.8 Å². The lowest BCUT2D eigenvalue weighted by molar-refractivity contribution is -0.130. The fourth-order valence-corrected chi connectivity index (χ4v) is 6.65. The number of imidazole rings is 2. The standard InChI is InChI=1S/C34H36ClN7O3/c35-25-16-29-28(38-31(39-29)21-9-10-21)15-24(25)20-5-1-18(2-6-20)13-30(40-32(43)22-7-3-19(17-36)4-8-22)33(44)37-23-11-12-26-27(14-23)42-34(45)41-26/h1-2,5-6,11-12,14-16,19,21-22,30H,3-4,7-10,13,17,36H2,(H,37,44)(H,38,39)(H,40,43)(H2,41,42,45)/t19?,22?,30-/m0/s1. The number of hydrogen-bond acceptors (Lipinski definition) is 5. The Hall–Kier alpha value is -4.41. The summed E-state index contributed by atoms with van der Waals surface area (Å²) in [5.74, 6) is 1.39. The summed E-state index contributed by atoms with van der Waals surface area (Å²) in [6.07, 6.45) is 5.98. The zero-order valence-electron chi connectivity index (χ0n) is 24.8. The van der Waals surface area contributed by atoms with Crippen molar-refractivity contribution >= 4 is 51.2 Å². The zero-order chi connectivity index (χ0) is 31.1. The zero-order valence-corrected chi connectivity index (χ0v) is 25.5. The van der Waals surface area contributed by atoms with Crippen molar-refractivity contribution in [1.82, 2.24) is 25.3 Å². The molecule has 0 saturated heterocycles. The van der Waals surface area contributed by atoms with E-state index in [4.69, 9.17) is 22.3 Å². The van der Waals surface area contributed by atoms with Crippen molar-refractivity contribution in [2.75, 3.05) is 11.9 Å². The smallest absolute Gasteiger partial charge is 0.323 e. The average Bonchev–Trinajstić information content (AvgIpc) is 3.71. The first-order chi connectivity index (χ1) is 21.8. The highest BCUT2D eigenvalue weighted by Crippen LogP contribution is 2.40. The molecular formula is C34H36ClN7O3. The molecule has 232 valence electrons. The molecule has 2 saturated carbocycles. The number of nitrogens with one attached hydrogen (secondary N) is 5. The number of halogens is 1. The molecular weight excluding hydrogens is 590 g/mol. The normalized spacial score (nSPS) is 19.1. The second kappa shape index (κ2) is 12.2. The van der Waals surface area contributed by atoms with Crippen molar-refractivity contribution in [3.8, 4) is 11.1 Å². The van der Waals surface area contributed by atoms with E-state index in [-0.39, 0.29) is 23.4 Å². The number of hydrogen-bond donors (Lipinski definition) is 6. The number of benzene rings is 3. The Bertz CT molecular complexity index is 1930. The van der Waals surface area contributed by atoms with Gasteiger partial charge in [0, 0.05) is 29.5 Å². The summed E-state index contributed by atoms with van der Waals surface area (Å²) in [6.45, 7) is 0.633. The van der Waals surface area contributed by atoms with Gasteiger partial charge in [0.1, 0.15) is 11.9 Å². The first kappa shape index (κ1) is 29.3. The van der Waals surface area contributed by atoms with Gasteiger partial charge in [0.05, 0.1) is 27.1 Å². The van der Waals surface area contributed by atoms with Crippen LogP contribution in [0.15, 0.2) is 59.4 Å². The van der Waals surface area contributed by atoms with Crippen molar-refractivity contribution in [2.24, 2.45) is 17.6 Å². The van der Waals surface area contributed by atoms with Crippen LogP contribution in [0.25, 0.3) is 33.2 Å². The minimum atomic E-state index is -0.804. The van der Waals surface area contributed by atoms with E-state index >= 15 is 0 Å². The van der Waals surface area contributed by atoms with Gasteiger partial charge in [-0.3, -0.25) is 9.59 Å². The summed E-state index contributed by atoms with van der Waals surface area (Å²) in [4.78, 5) is 52.3. The molecule has 3 aromatic carbocycles. The van der Waals surface area contributed by atoms with Crippen molar-refractivity contribution in [3.05, 3.63) is 81.5 Å². The van der Waals surface area contributed by atoms with Crippen LogP contribution < -0.4 is 22.1 Å². The van der Waals surface area contributed by atoms with Crippen LogP contribution in [-0.2, 0) is 16.0 Å². The van der Waals surface area contributed by atoms with E-state index in [0.717, 1.165) is 59.2 Å². The predicted molar refractivity (Wildman–Crippen MR) is 176 cm³/mol. The van der Waals surface area contributed by atoms with E-state index in [1.807, 2.05) is 36.4 Å². The molecule has 2 aliphatic rings. The number of carbonyl (C=O) groups is 2. The van der Waals surface area contributed by atoms with E-state index in [0.29, 0.717) is 46.5 Å². The van der Waals surface area contributed by atoms with Crippen LogP contribution in [0.1, 0.15) is 55.8 Å². The topological polar surface area (TPSA) is 162 Å². The number of aromatic nitrogens is 4. The van der Waals surface area contributed by atoms with E-state index in [9.17, 15) is 14.4 Å². The Morgan fingerprint density at radius 2 is 1.67 bits per heavy atom. The third-order valence-electron chi connectivity index (χ3n) is 9.23. The SMILES string of the molecule is NCC1CCC(C(=O)N[C@@H](Cc2ccc(-c3cc4nc(C5CC5)[nH]c4cc3Cl)cc2)C(=O)Nc2ccc3[nH]c(=O)[nH]c3c2)CC1. The molecule has 0 radical (unpaired) electrons. The Morgan fingerprint density at radius 3 is 2.40 bits per heavy atom. The summed E-state index contributed by atoms with van der Waals surface area (Å²) in [6, 6.07) is 16.2. The number of amides is 2. The van der Waals surface area contributed by atoms with Gasteiger partial charge < -0.3 is 31.3 Å². The van der Waals surface area contributed by atoms with E-state index < -0.39 is 6.04 Å². The first-order valence-corrected chi connectivity index (χ1v) is 16.0. The van der Waals surface area contributed by atoms with Crippen molar-refractivity contribution in [3.63, 3.8) is 0 Å². The summed E-state index contributed by atoms with van der Waals surface area (Å²) >= 11 is 6.70. The van der Waals surface area contributed by atoms with E-state index in [2.05, 4.69) is 25.6 Å². The number of carbonyl (C=O) groups excluding carboxylic acids is 2. The summed E-state index contributed by atoms with van der Waals surface area (Å²) in [5.41, 5.74) is 11.8. The third-order valence-corrected chi connectivity index (χ3v) is 9.54. The monoisotopic (exact) mass is 625 g/mol. The van der Waals surface area contributed by atoms with Gasteiger partial charge in [-0.05, 0) is 92.4 Å². The maximum Gasteiger partial charge on any atom is 0.323 e. The summed E-state index contributed by atoms with van der Waals surface area (Å²) in [5, 5.41) is 6.61. The molecule has 0 unspecified atom stereocenters. The molecule has 7 rings (SSSR count). The maximum absolute atomic E-state index is 13.6. The van der Waals surface area contributed by atoms with Crippen LogP contribution in [0.5, 0.6) is 0 Å². The molecule has 2 heterocycles. The van der Waals surface area contributed by atoms with Crippen LogP contribution in [0.2, 0.25) is 5.02 Å². The Balaban J connectivity index is 1.10. The maximum atomic E-state index is 13.6. The van der Waals surface area contributed by atoms with Gasteiger partial charge in [-0.15, -0.1) is 0 Å². The largest absolute Gasteiger partial charge is 0.344 e. The molecule has 10 nitrogen and oxygen atoms in total. The second-order valence-electron chi connectivity index (χ2n) is 12.5. The number of rotatable bonds is 9. The minimum Gasteiger partial charge on any atom is -0.344 e. The van der Waals surface area contributed by atoms with Gasteiger partial charge in [-0.25, -0.2) is 9.78 Å². The van der Waals surface area contributed by atoms with Crippen LogP contribution in [0, 0.1) is 11.8 Å². The Kier molecular flexibility index (Phi) is 7.93. The second-order valence-corrected chi connectivity index (χ2v) is 12.9. The van der Waals surface area contributed by atoms with Crippen LogP contribution in [-0.4, -0.2) is 44.3 Å². The highest BCUT2D eigenvalue weighted by Gasteiger charge is 2.30. The fourth-order valence-electron chi connectivity index (χ4n) is 6.38. The minimum absolute atomic E-state index is 0.114.